The van der Waals surface area contributed by atoms with Crippen LogP contribution in [-0.2, 0) is 4.74 Å². The van der Waals surface area contributed by atoms with Gasteiger partial charge in [0.1, 0.15) is 4.88 Å². The summed E-state index contributed by atoms with van der Waals surface area (Å²) in [5.41, 5.74) is 0.357. The number of alkyl halides is 2. The van der Waals surface area contributed by atoms with Crippen molar-refractivity contribution >= 4 is 17.3 Å². The molecule has 0 radical (unpaired) electrons. The Labute approximate surface area is 97.2 Å². The number of thiophene rings is 1. The summed E-state index contributed by atoms with van der Waals surface area (Å²) in [5, 5.41) is 1.63. The molecule has 0 N–H and O–H groups in total. The van der Waals surface area contributed by atoms with Gasteiger partial charge in [-0.25, -0.2) is 13.6 Å². The highest BCUT2D eigenvalue weighted by molar-refractivity contribution is 7.12. The van der Waals surface area contributed by atoms with E-state index in [2.05, 4.69) is 0 Å². The number of hydrogen-bond donors (Lipinski definition) is 0. The van der Waals surface area contributed by atoms with Gasteiger partial charge in [0.15, 0.2) is 0 Å². The quantitative estimate of drug-likeness (QED) is 0.760. The first kappa shape index (κ1) is 13.1. The minimum Gasteiger partial charge on any atom is -0.462 e. The zero-order valence-corrected chi connectivity index (χ0v) is 10.2. The molecule has 0 aliphatic heterocycles. The summed E-state index contributed by atoms with van der Waals surface area (Å²) in [4.78, 5) is 11.8. The number of hydrogen-bond acceptors (Lipinski definition) is 3. The fraction of sp³-hybridized carbons (Fsp3) is 0.545. The zero-order chi connectivity index (χ0) is 12.3. The highest BCUT2D eigenvalue weighted by atomic mass is 32.1. The van der Waals surface area contributed by atoms with Gasteiger partial charge < -0.3 is 4.74 Å². The van der Waals surface area contributed by atoms with Gasteiger partial charge in [-0.3, -0.25) is 0 Å². The molecule has 0 amide bonds. The maximum atomic E-state index is 13.2. The van der Waals surface area contributed by atoms with Gasteiger partial charge >= 0.3 is 5.97 Å². The van der Waals surface area contributed by atoms with Crippen LogP contribution in [0.5, 0.6) is 0 Å². The second-order valence-corrected chi connectivity index (χ2v) is 4.52. The smallest absolute Gasteiger partial charge is 0.348 e. The van der Waals surface area contributed by atoms with Gasteiger partial charge in [0.05, 0.1) is 6.61 Å². The lowest BCUT2D eigenvalue weighted by Crippen LogP contribution is -2.21. The second-order valence-electron chi connectivity index (χ2n) is 3.60. The highest BCUT2D eigenvalue weighted by Gasteiger charge is 2.34. The number of esters is 1. The molecule has 1 unspecified atom stereocenters. The van der Waals surface area contributed by atoms with E-state index in [0.29, 0.717) is 5.56 Å². The molecule has 16 heavy (non-hydrogen) atoms. The van der Waals surface area contributed by atoms with Crippen LogP contribution in [0.25, 0.3) is 0 Å². The lowest BCUT2D eigenvalue weighted by molar-refractivity contribution is -0.00243. The Morgan fingerprint density at radius 2 is 2.25 bits per heavy atom. The molecule has 0 saturated carbocycles. The van der Waals surface area contributed by atoms with Crippen LogP contribution in [0.15, 0.2) is 11.4 Å². The van der Waals surface area contributed by atoms with Crippen molar-refractivity contribution in [2.45, 2.75) is 32.6 Å². The van der Waals surface area contributed by atoms with Crippen LogP contribution in [0.4, 0.5) is 8.78 Å². The van der Waals surface area contributed by atoms with E-state index in [9.17, 15) is 13.6 Å². The van der Waals surface area contributed by atoms with E-state index < -0.39 is 17.8 Å². The lowest BCUT2D eigenvalue weighted by atomic mass is 9.96. The van der Waals surface area contributed by atoms with Crippen LogP contribution in [0.3, 0.4) is 0 Å². The molecule has 0 spiro atoms. The first-order chi connectivity index (χ1) is 7.38. The molecule has 1 rings (SSSR count). The molecular formula is C11H14F2O2S. The van der Waals surface area contributed by atoms with Gasteiger partial charge in [0, 0.05) is 5.92 Å². The monoisotopic (exact) mass is 248 g/mol. The predicted octanol–water partition coefficient (Wildman–Crippen LogP) is 3.68. The SMILES string of the molecule is CCOC(=O)c1sccc1C(C)C(C)(F)F. The molecule has 90 valence electrons. The van der Waals surface area contributed by atoms with Crippen molar-refractivity contribution in [3.63, 3.8) is 0 Å². The highest BCUT2D eigenvalue weighted by Crippen LogP contribution is 2.36. The third-order valence-electron chi connectivity index (χ3n) is 2.38. The minimum absolute atomic E-state index is 0.243. The van der Waals surface area contributed by atoms with Crippen LogP contribution in [-0.4, -0.2) is 18.5 Å². The number of carbonyl (C=O) groups excluding carboxylic acids is 1. The van der Waals surface area contributed by atoms with Crippen molar-refractivity contribution in [2.75, 3.05) is 6.61 Å². The van der Waals surface area contributed by atoms with Crippen LogP contribution < -0.4 is 0 Å². The molecule has 0 fully saturated rings. The molecule has 1 heterocycles. The molecule has 0 aliphatic carbocycles. The number of halogens is 2. The van der Waals surface area contributed by atoms with Crippen molar-refractivity contribution in [3.8, 4) is 0 Å². The van der Waals surface area contributed by atoms with E-state index in [1.54, 1.807) is 18.4 Å². The summed E-state index contributed by atoms with van der Waals surface area (Å²) in [6, 6.07) is 1.55. The van der Waals surface area contributed by atoms with Crippen molar-refractivity contribution < 1.29 is 18.3 Å². The maximum absolute atomic E-state index is 13.2. The molecule has 1 atom stereocenters. The fourth-order valence-electron chi connectivity index (χ4n) is 1.30. The number of ether oxygens (including phenoxy) is 1. The van der Waals surface area contributed by atoms with Gasteiger partial charge in [-0.1, -0.05) is 6.92 Å². The second kappa shape index (κ2) is 4.91. The van der Waals surface area contributed by atoms with Crippen molar-refractivity contribution in [3.05, 3.63) is 21.9 Å². The van der Waals surface area contributed by atoms with E-state index in [1.165, 1.54) is 6.92 Å². The average molecular weight is 248 g/mol. The third-order valence-corrected chi connectivity index (χ3v) is 3.29. The third kappa shape index (κ3) is 2.78. The molecule has 5 heteroatoms. The van der Waals surface area contributed by atoms with Gasteiger partial charge in [-0.2, -0.15) is 0 Å². The average Bonchev–Trinajstić information content (AvgIpc) is 2.63. The van der Waals surface area contributed by atoms with Crippen molar-refractivity contribution in [1.29, 1.82) is 0 Å². The summed E-state index contributed by atoms with van der Waals surface area (Å²) < 4.78 is 31.1. The fourth-order valence-corrected chi connectivity index (χ4v) is 2.18. The summed E-state index contributed by atoms with van der Waals surface area (Å²) in [6.45, 7) is 4.19. The molecule has 2 nitrogen and oxygen atoms in total. The Kier molecular flexibility index (Phi) is 4.02. The zero-order valence-electron chi connectivity index (χ0n) is 9.42. The van der Waals surface area contributed by atoms with E-state index in [0.717, 1.165) is 18.3 Å². The Hall–Kier alpha value is -0.970. The van der Waals surface area contributed by atoms with E-state index >= 15 is 0 Å². The first-order valence-electron chi connectivity index (χ1n) is 5.00. The van der Waals surface area contributed by atoms with Crippen LogP contribution in [0, 0.1) is 0 Å². The molecule has 0 aromatic carbocycles. The van der Waals surface area contributed by atoms with E-state index in [1.807, 2.05) is 0 Å². The Balaban J connectivity index is 2.99. The van der Waals surface area contributed by atoms with Gasteiger partial charge in [-0.05, 0) is 30.9 Å². The Bertz CT molecular complexity index is 368. The molecule has 0 aliphatic rings. The molecule has 1 aromatic rings. The van der Waals surface area contributed by atoms with E-state index in [-0.39, 0.29) is 11.5 Å². The van der Waals surface area contributed by atoms with Crippen LogP contribution in [0.1, 0.15) is 41.9 Å². The summed E-state index contributed by atoms with van der Waals surface area (Å²) >= 11 is 1.13. The summed E-state index contributed by atoms with van der Waals surface area (Å²) in [6.07, 6.45) is 0. The first-order valence-corrected chi connectivity index (χ1v) is 5.88. The normalized spacial score (nSPS) is 13.6. The minimum atomic E-state index is -2.84. The van der Waals surface area contributed by atoms with Crippen molar-refractivity contribution in [2.24, 2.45) is 0 Å². The van der Waals surface area contributed by atoms with E-state index in [4.69, 9.17) is 4.74 Å². The Morgan fingerprint density at radius 1 is 1.62 bits per heavy atom. The molecule has 1 aromatic heterocycles. The van der Waals surface area contributed by atoms with Crippen LogP contribution >= 0.6 is 11.3 Å². The van der Waals surface area contributed by atoms with Crippen molar-refractivity contribution in [1.82, 2.24) is 0 Å². The summed E-state index contributed by atoms with van der Waals surface area (Å²) in [7, 11) is 0. The Morgan fingerprint density at radius 3 is 2.75 bits per heavy atom. The number of rotatable bonds is 4. The van der Waals surface area contributed by atoms with Gasteiger partial charge in [0.2, 0.25) is 0 Å². The molecular weight excluding hydrogens is 234 g/mol. The molecule has 0 saturated heterocycles. The summed E-state index contributed by atoms with van der Waals surface area (Å²) in [5.74, 6) is -4.36. The predicted molar refractivity (Wildman–Crippen MR) is 59.3 cm³/mol. The number of carbonyl (C=O) groups is 1. The van der Waals surface area contributed by atoms with Gasteiger partial charge in [-0.15, -0.1) is 11.3 Å². The lowest BCUT2D eigenvalue weighted by Gasteiger charge is -2.19. The topological polar surface area (TPSA) is 26.3 Å². The van der Waals surface area contributed by atoms with Gasteiger partial charge in [0.25, 0.3) is 5.92 Å². The largest absolute Gasteiger partial charge is 0.462 e. The maximum Gasteiger partial charge on any atom is 0.348 e. The van der Waals surface area contributed by atoms with Crippen LogP contribution in [0.2, 0.25) is 0 Å². The standard InChI is InChI=1S/C11H14F2O2S/c1-4-15-10(14)9-8(5-6-16-9)7(2)11(3,12)13/h5-7H,4H2,1-3H3. The molecule has 0 bridgehead atoms.